The molecule has 0 aliphatic rings. The van der Waals surface area contributed by atoms with Crippen molar-refractivity contribution in [2.45, 2.75) is 12.8 Å². The van der Waals surface area contributed by atoms with Gasteiger partial charge in [0, 0.05) is 18.1 Å². The van der Waals surface area contributed by atoms with Crippen molar-refractivity contribution in [1.29, 1.82) is 0 Å². The largest absolute Gasteiger partial charge is 0.478 e. The van der Waals surface area contributed by atoms with Gasteiger partial charge in [-0.25, -0.2) is 9.59 Å². The van der Waals surface area contributed by atoms with Gasteiger partial charge in [-0.2, -0.15) is 0 Å². The fourth-order valence-corrected chi connectivity index (χ4v) is 1.38. The van der Waals surface area contributed by atoms with Gasteiger partial charge in [-0.05, 0) is 5.56 Å². The van der Waals surface area contributed by atoms with E-state index in [0.717, 1.165) is 11.6 Å². The van der Waals surface area contributed by atoms with Crippen molar-refractivity contribution in [1.82, 2.24) is 0 Å². The third-order valence-corrected chi connectivity index (χ3v) is 2.50. The Morgan fingerprint density at radius 3 is 2.42 bits per heavy atom. The predicted molar refractivity (Wildman–Crippen MR) is 67.6 cm³/mol. The molecular weight excluding hydrogens is 248 g/mol. The fourth-order valence-electron chi connectivity index (χ4n) is 1.38. The minimum absolute atomic E-state index is 0.247. The lowest BCUT2D eigenvalue weighted by Gasteiger charge is -2.10. The van der Waals surface area contributed by atoms with Crippen molar-refractivity contribution < 1.29 is 24.2 Å². The molecule has 5 nitrogen and oxygen atoms in total. The van der Waals surface area contributed by atoms with E-state index in [0.29, 0.717) is 6.08 Å². The number of benzene rings is 1. The van der Waals surface area contributed by atoms with Crippen LogP contribution in [0.5, 0.6) is 0 Å². The summed E-state index contributed by atoms with van der Waals surface area (Å²) >= 11 is 0. The number of carboxylic acid groups (broad SMARTS) is 1. The zero-order chi connectivity index (χ0) is 14.3. The Kier molecular flexibility index (Phi) is 5.47. The van der Waals surface area contributed by atoms with Crippen LogP contribution in [0, 0.1) is 0 Å². The van der Waals surface area contributed by atoms with E-state index in [9.17, 15) is 14.4 Å². The van der Waals surface area contributed by atoms with E-state index >= 15 is 0 Å². The lowest BCUT2D eigenvalue weighted by molar-refractivity contribution is -0.143. The summed E-state index contributed by atoms with van der Waals surface area (Å²) in [6.07, 6.45) is 1.43. The van der Waals surface area contributed by atoms with Crippen molar-refractivity contribution in [3.8, 4) is 0 Å². The second-order valence-electron chi connectivity index (χ2n) is 3.88. The van der Waals surface area contributed by atoms with Crippen LogP contribution in [0.25, 0.3) is 0 Å². The number of hydrogen-bond donors (Lipinski definition) is 1. The summed E-state index contributed by atoms with van der Waals surface area (Å²) in [5.41, 5.74) is 0.838. The Bertz CT molecular complexity index is 490. The Hall–Kier alpha value is -2.43. The highest BCUT2D eigenvalue weighted by Crippen LogP contribution is 2.15. The minimum atomic E-state index is -1.25. The first-order chi connectivity index (χ1) is 9.00. The Balaban J connectivity index is 2.48. The van der Waals surface area contributed by atoms with Crippen molar-refractivity contribution in [2.24, 2.45) is 0 Å². The molecule has 1 N–H and O–H groups in total. The first-order valence-corrected chi connectivity index (χ1v) is 5.66. The zero-order valence-corrected chi connectivity index (χ0v) is 10.4. The van der Waals surface area contributed by atoms with E-state index in [1.807, 2.05) is 30.3 Å². The molecule has 0 amide bonds. The molecule has 1 aromatic rings. The molecule has 0 radical (unpaired) electrons. The molecule has 1 rings (SSSR count). The topological polar surface area (TPSA) is 80.7 Å². The maximum Gasteiger partial charge on any atom is 0.331 e. The van der Waals surface area contributed by atoms with E-state index in [2.05, 4.69) is 4.74 Å². The van der Waals surface area contributed by atoms with Gasteiger partial charge in [-0.15, -0.1) is 0 Å². The van der Waals surface area contributed by atoms with E-state index in [1.165, 1.54) is 0 Å². The van der Waals surface area contributed by atoms with Gasteiger partial charge in [0.2, 0.25) is 0 Å². The first kappa shape index (κ1) is 14.6. The second kappa shape index (κ2) is 7.10. The van der Waals surface area contributed by atoms with E-state index in [4.69, 9.17) is 5.11 Å². The van der Waals surface area contributed by atoms with E-state index < -0.39 is 11.9 Å². The number of ketones is 1. The Labute approximate surface area is 110 Å². The van der Waals surface area contributed by atoms with Gasteiger partial charge >= 0.3 is 11.9 Å². The van der Waals surface area contributed by atoms with Crippen LogP contribution in [-0.2, 0) is 19.1 Å². The van der Waals surface area contributed by atoms with Crippen molar-refractivity contribution in [2.75, 3.05) is 6.61 Å². The highest BCUT2D eigenvalue weighted by molar-refractivity contribution is 5.93. The SMILES string of the molecule is CC(C(=O)COC(=O)/C=C/C(=O)O)c1ccccc1. The first-order valence-electron chi connectivity index (χ1n) is 5.66. The average Bonchev–Trinajstić information content (AvgIpc) is 2.42. The Morgan fingerprint density at radius 2 is 1.84 bits per heavy atom. The molecule has 1 aromatic carbocycles. The third kappa shape index (κ3) is 5.16. The third-order valence-electron chi connectivity index (χ3n) is 2.50. The molecule has 1 unspecified atom stereocenters. The maximum atomic E-state index is 11.8. The second-order valence-corrected chi connectivity index (χ2v) is 3.88. The monoisotopic (exact) mass is 262 g/mol. The van der Waals surface area contributed by atoms with Crippen LogP contribution in [0.3, 0.4) is 0 Å². The summed E-state index contributed by atoms with van der Waals surface area (Å²) in [4.78, 5) is 33.0. The standard InChI is InChI=1S/C14H14O5/c1-10(11-5-3-2-4-6-11)12(15)9-19-14(18)8-7-13(16)17/h2-8,10H,9H2,1H3,(H,16,17)/b8-7+. The summed E-state index contributed by atoms with van der Waals surface area (Å²) in [5.74, 6) is -2.72. The Morgan fingerprint density at radius 1 is 1.21 bits per heavy atom. The molecule has 0 aromatic heterocycles. The quantitative estimate of drug-likeness (QED) is 0.621. The molecular formula is C14H14O5. The van der Waals surface area contributed by atoms with Crippen molar-refractivity contribution >= 4 is 17.7 Å². The summed E-state index contributed by atoms with van der Waals surface area (Å²) < 4.78 is 4.66. The summed E-state index contributed by atoms with van der Waals surface area (Å²) in [6, 6.07) is 9.11. The van der Waals surface area contributed by atoms with E-state index in [-0.39, 0.29) is 18.3 Å². The number of hydrogen-bond acceptors (Lipinski definition) is 4. The van der Waals surface area contributed by atoms with Gasteiger partial charge < -0.3 is 9.84 Å². The molecule has 1 atom stereocenters. The van der Waals surface area contributed by atoms with Gasteiger partial charge in [-0.1, -0.05) is 37.3 Å². The van der Waals surface area contributed by atoms with Crippen LogP contribution < -0.4 is 0 Å². The van der Waals surface area contributed by atoms with Crippen molar-refractivity contribution in [3.63, 3.8) is 0 Å². The number of esters is 1. The smallest absolute Gasteiger partial charge is 0.331 e. The van der Waals surface area contributed by atoms with Gasteiger partial charge in [0.05, 0.1) is 0 Å². The number of aliphatic carboxylic acids is 1. The molecule has 0 aliphatic carbocycles. The fraction of sp³-hybridized carbons (Fsp3) is 0.214. The minimum Gasteiger partial charge on any atom is -0.478 e. The van der Waals surface area contributed by atoms with Crippen LogP contribution in [-0.4, -0.2) is 29.4 Å². The molecule has 100 valence electrons. The molecule has 0 saturated heterocycles. The molecule has 0 bridgehead atoms. The molecule has 0 aliphatic heterocycles. The van der Waals surface area contributed by atoms with Crippen LogP contribution in [0.1, 0.15) is 18.4 Å². The highest BCUT2D eigenvalue weighted by atomic mass is 16.5. The number of carboxylic acids is 1. The molecule has 19 heavy (non-hydrogen) atoms. The van der Waals surface area contributed by atoms with Crippen LogP contribution >= 0.6 is 0 Å². The van der Waals surface area contributed by atoms with Gasteiger partial charge in [-0.3, -0.25) is 4.79 Å². The molecule has 0 saturated carbocycles. The number of Topliss-reactive ketones (excluding diaryl/α,β-unsaturated/α-hetero) is 1. The van der Waals surface area contributed by atoms with Gasteiger partial charge in [0.1, 0.15) is 0 Å². The zero-order valence-electron chi connectivity index (χ0n) is 10.4. The van der Waals surface area contributed by atoms with Crippen LogP contribution in [0.4, 0.5) is 0 Å². The average molecular weight is 262 g/mol. The summed E-state index contributed by atoms with van der Waals surface area (Å²) in [5, 5.41) is 8.32. The number of ether oxygens (including phenoxy) is 1. The van der Waals surface area contributed by atoms with Gasteiger partial charge in [0.25, 0.3) is 0 Å². The molecule has 0 heterocycles. The van der Waals surface area contributed by atoms with Crippen LogP contribution in [0.15, 0.2) is 42.5 Å². The highest BCUT2D eigenvalue weighted by Gasteiger charge is 2.16. The number of carbonyl (C=O) groups is 3. The molecule has 0 spiro atoms. The predicted octanol–water partition coefficient (Wildman–Crippen LogP) is 1.54. The number of rotatable bonds is 6. The summed E-state index contributed by atoms with van der Waals surface area (Å²) in [7, 11) is 0. The number of carbonyl (C=O) groups excluding carboxylic acids is 2. The molecule has 5 heteroatoms. The van der Waals surface area contributed by atoms with E-state index in [1.54, 1.807) is 6.92 Å². The summed E-state index contributed by atoms with van der Waals surface area (Å²) in [6.45, 7) is 1.34. The van der Waals surface area contributed by atoms with Crippen molar-refractivity contribution in [3.05, 3.63) is 48.0 Å². The van der Waals surface area contributed by atoms with Gasteiger partial charge in [0.15, 0.2) is 12.4 Å². The van der Waals surface area contributed by atoms with Crippen LogP contribution in [0.2, 0.25) is 0 Å². The lowest BCUT2D eigenvalue weighted by atomic mass is 9.97. The normalized spacial score (nSPS) is 12.1. The maximum absolute atomic E-state index is 11.8. The lowest BCUT2D eigenvalue weighted by Crippen LogP contribution is -2.18. The molecule has 0 fully saturated rings.